The fraction of sp³-hybridized carbons (Fsp3) is 1.00. The van der Waals surface area contributed by atoms with Crippen LogP contribution in [0.15, 0.2) is 0 Å². The molecule has 3 aliphatic rings. The maximum absolute atomic E-state index is 3.65. The first kappa shape index (κ1) is 13.9. The molecule has 2 nitrogen and oxygen atoms in total. The van der Waals surface area contributed by atoms with E-state index >= 15 is 0 Å². The highest BCUT2D eigenvalue weighted by Crippen LogP contribution is 2.36. The van der Waals surface area contributed by atoms with Gasteiger partial charge < -0.3 is 5.32 Å². The minimum atomic E-state index is 0.814. The highest BCUT2D eigenvalue weighted by atomic mass is 15.2. The van der Waals surface area contributed by atoms with Crippen LogP contribution >= 0.6 is 0 Å². The molecule has 0 amide bonds. The molecule has 2 saturated carbocycles. The second-order valence-electron chi connectivity index (χ2n) is 7.21. The Morgan fingerprint density at radius 1 is 1.05 bits per heavy atom. The molecule has 0 radical (unpaired) electrons. The predicted octanol–water partition coefficient (Wildman–Crippen LogP) is 3.56. The highest BCUT2D eigenvalue weighted by molar-refractivity contribution is 4.90. The highest BCUT2D eigenvalue weighted by Gasteiger charge is 2.35. The van der Waals surface area contributed by atoms with Gasteiger partial charge in [-0.3, -0.25) is 4.90 Å². The van der Waals surface area contributed by atoms with Gasteiger partial charge in [-0.05, 0) is 77.3 Å². The van der Waals surface area contributed by atoms with Gasteiger partial charge in [0.05, 0.1) is 0 Å². The van der Waals surface area contributed by atoms with Gasteiger partial charge in [0.15, 0.2) is 0 Å². The molecule has 3 fully saturated rings. The third-order valence-corrected chi connectivity index (χ3v) is 5.66. The molecule has 110 valence electrons. The molecular weight excluding hydrogens is 232 g/mol. The molecule has 1 N–H and O–H groups in total. The van der Waals surface area contributed by atoms with E-state index in [1.165, 1.54) is 77.3 Å². The Kier molecular flexibility index (Phi) is 4.81. The SMILES string of the molecule is CC(CCCNC1CC1)N1CCCC1C1CCCC1. The molecule has 0 aromatic carbocycles. The molecule has 2 heteroatoms. The lowest BCUT2D eigenvalue weighted by Gasteiger charge is -2.34. The normalized spacial score (nSPS) is 31.1. The van der Waals surface area contributed by atoms with E-state index < -0.39 is 0 Å². The summed E-state index contributed by atoms with van der Waals surface area (Å²) >= 11 is 0. The van der Waals surface area contributed by atoms with Crippen LogP contribution in [0, 0.1) is 5.92 Å². The first-order chi connectivity index (χ1) is 9.34. The Labute approximate surface area is 119 Å². The van der Waals surface area contributed by atoms with E-state index in [9.17, 15) is 0 Å². The summed E-state index contributed by atoms with van der Waals surface area (Å²) in [6.45, 7) is 5.10. The molecule has 1 saturated heterocycles. The Morgan fingerprint density at radius 2 is 1.84 bits per heavy atom. The van der Waals surface area contributed by atoms with Crippen molar-refractivity contribution in [2.75, 3.05) is 13.1 Å². The second kappa shape index (κ2) is 6.58. The lowest BCUT2D eigenvalue weighted by molar-refractivity contribution is 0.136. The van der Waals surface area contributed by atoms with Gasteiger partial charge >= 0.3 is 0 Å². The Balaban J connectivity index is 1.40. The number of hydrogen-bond acceptors (Lipinski definition) is 2. The molecule has 19 heavy (non-hydrogen) atoms. The van der Waals surface area contributed by atoms with E-state index in [4.69, 9.17) is 0 Å². The molecule has 0 aromatic heterocycles. The fourth-order valence-electron chi connectivity index (χ4n) is 4.37. The molecule has 3 rings (SSSR count). The zero-order valence-electron chi connectivity index (χ0n) is 12.7. The van der Waals surface area contributed by atoms with Gasteiger partial charge in [-0.25, -0.2) is 0 Å². The van der Waals surface area contributed by atoms with E-state index in [0.29, 0.717) is 0 Å². The topological polar surface area (TPSA) is 15.3 Å². The van der Waals surface area contributed by atoms with Crippen LogP contribution in [0.3, 0.4) is 0 Å². The average molecular weight is 264 g/mol. The van der Waals surface area contributed by atoms with Crippen molar-refractivity contribution < 1.29 is 0 Å². The second-order valence-corrected chi connectivity index (χ2v) is 7.21. The van der Waals surface area contributed by atoms with Crippen molar-refractivity contribution in [2.45, 2.75) is 89.3 Å². The number of nitrogens with zero attached hydrogens (tertiary/aromatic N) is 1. The van der Waals surface area contributed by atoms with Crippen molar-refractivity contribution in [3.05, 3.63) is 0 Å². The van der Waals surface area contributed by atoms with Crippen molar-refractivity contribution in [2.24, 2.45) is 5.92 Å². The Morgan fingerprint density at radius 3 is 2.58 bits per heavy atom. The van der Waals surface area contributed by atoms with Gasteiger partial charge in [-0.15, -0.1) is 0 Å². The van der Waals surface area contributed by atoms with Crippen LogP contribution in [0.25, 0.3) is 0 Å². The van der Waals surface area contributed by atoms with Gasteiger partial charge in [0.2, 0.25) is 0 Å². The smallest absolute Gasteiger partial charge is 0.0127 e. The summed E-state index contributed by atoms with van der Waals surface area (Å²) in [7, 11) is 0. The maximum Gasteiger partial charge on any atom is 0.0127 e. The van der Waals surface area contributed by atoms with Crippen LogP contribution in [-0.2, 0) is 0 Å². The molecule has 2 unspecified atom stereocenters. The summed E-state index contributed by atoms with van der Waals surface area (Å²) in [6, 6.07) is 2.64. The van der Waals surface area contributed by atoms with E-state index in [-0.39, 0.29) is 0 Å². The minimum absolute atomic E-state index is 0.814. The van der Waals surface area contributed by atoms with Crippen LogP contribution in [0.1, 0.15) is 71.1 Å². The standard InChI is InChI=1S/C17H32N2/c1-14(6-4-12-18-16-10-11-16)19-13-5-9-17(19)15-7-2-3-8-15/h14-18H,2-13H2,1H3. The molecular formula is C17H32N2. The van der Waals surface area contributed by atoms with Gasteiger partial charge in [0, 0.05) is 18.1 Å². The lowest BCUT2D eigenvalue weighted by atomic mass is 9.95. The first-order valence-electron chi connectivity index (χ1n) is 8.84. The van der Waals surface area contributed by atoms with Crippen molar-refractivity contribution in [3.8, 4) is 0 Å². The molecule has 0 bridgehead atoms. The monoisotopic (exact) mass is 264 g/mol. The molecule has 1 aliphatic heterocycles. The van der Waals surface area contributed by atoms with Gasteiger partial charge in [0.1, 0.15) is 0 Å². The molecule has 2 aliphatic carbocycles. The van der Waals surface area contributed by atoms with Crippen molar-refractivity contribution in [3.63, 3.8) is 0 Å². The quantitative estimate of drug-likeness (QED) is 0.707. The predicted molar refractivity (Wildman–Crippen MR) is 81.4 cm³/mol. The summed E-state index contributed by atoms with van der Waals surface area (Å²) in [5, 5.41) is 3.65. The zero-order valence-corrected chi connectivity index (χ0v) is 12.7. The van der Waals surface area contributed by atoms with Crippen molar-refractivity contribution in [1.29, 1.82) is 0 Å². The fourth-order valence-corrected chi connectivity index (χ4v) is 4.37. The minimum Gasteiger partial charge on any atom is -0.314 e. The van der Waals surface area contributed by atoms with Crippen LogP contribution < -0.4 is 5.32 Å². The Bertz CT molecular complexity index is 268. The van der Waals surface area contributed by atoms with E-state index in [1.807, 2.05) is 0 Å². The summed E-state index contributed by atoms with van der Waals surface area (Å²) in [5.41, 5.74) is 0. The average Bonchev–Trinajstić information content (AvgIpc) is 2.93. The summed E-state index contributed by atoms with van der Waals surface area (Å²) in [6.07, 6.45) is 14.5. The van der Waals surface area contributed by atoms with Gasteiger partial charge in [0.25, 0.3) is 0 Å². The molecule has 0 spiro atoms. The van der Waals surface area contributed by atoms with Crippen LogP contribution in [0.4, 0.5) is 0 Å². The third kappa shape index (κ3) is 3.72. The molecule has 2 atom stereocenters. The maximum atomic E-state index is 3.65. The summed E-state index contributed by atoms with van der Waals surface area (Å²) in [4.78, 5) is 2.87. The van der Waals surface area contributed by atoms with E-state index in [2.05, 4.69) is 17.1 Å². The number of nitrogens with one attached hydrogen (secondary N) is 1. The van der Waals surface area contributed by atoms with E-state index in [1.54, 1.807) is 0 Å². The summed E-state index contributed by atoms with van der Waals surface area (Å²) < 4.78 is 0. The number of hydrogen-bond donors (Lipinski definition) is 1. The molecule has 1 heterocycles. The molecule has 0 aromatic rings. The first-order valence-corrected chi connectivity index (χ1v) is 8.84. The van der Waals surface area contributed by atoms with Gasteiger partial charge in [-0.2, -0.15) is 0 Å². The number of likely N-dealkylation sites (tertiary alicyclic amines) is 1. The number of rotatable bonds is 7. The zero-order chi connectivity index (χ0) is 13.1. The lowest BCUT2D eigenvalue weighted by Crippen LogP contribution is -2.41. The van der Waals surface area contributed by atoms with E-state index in [0.717, 1.165) is 24.0 Å². The van der Waals surface area contributed by atoms with Crippen LogP contribution in [0.2, 0.25) is 0 Å². The van der Waals surface area contributed by atoms with Crippen LogP contribution in [-0.4, -0.2) is 36.1 Å². The van der Waals surface area contributed by atoms with Crippen molar-refractivity contribution in [1.82, 2.24) is 10.2 Å². The third-order valence-electron chi connectivity index (χ3n) is 5.66. The summed E-state index contributed by atoms with van der Waals surface area (Å²) in [5.74, 6) is 1.04. The van der Waals surface area contributed by atoms with Gasteiger partial charge in [-0.1, -0.05) is 12.8 Å². The largest absolute Gasteiger partial charge is 0.314 e. The Hall–Kier alpha value is -0.0800. The van der Waals surface area contributed by atoms with Crippen molar-refractivity contribution >= 4 is 0 Å². The van der Waals surface area contributed by atoms with Crippen LogP contribution in [0.5, 0.6) is 0 Å².